The molecule has 2 aromatic rings. The van der Waals surface area contributed by atoms with Crippen LogP contribution in [0.5, 0.6) is 0 Å². The molecule has 0 saturated carbocycles. The Hall–Kier alpha value is -1.63. The highest BCUT2D eigenvalue weighted by molar-refractivity contribution is 7.16. The lowest BCUT2D eigenvalue weighted by Gasteiger charge is -2.09. The molecule has 0 bridgehead atoms. The van der Waals surface area contributed by atoms with E-state index in [2.05, 4.69) is 6.07 Å². The highest BCUT2D eigenvalue weighted by atomic mass is 35.5. The summed E-state index contributed by atoms with van der Waals surface area (Å²) in [6, 6.07) is 9.99. The number of aryl methyl sites for hydroxylation is 1. The molecule has 0 saturated heterocycles. The molecule has 0 radical (unpaired) electrons. The van der Waals surface area contributed by atoms with Crippen LogP contribution in [0.4, 0.5) is 5.00 Å². The van der Waals surface area contributed by atoms with Crippen molar-refractivity contribution in [1.82, 2.24) is 0 Å². The molecule has 1 aromatic heterocycles. The van der Waals surface area contributed by atoms with Crippen molar-refractivity contribution in [3.63, 3.8) is 0 Å². The maximum atomic E-state index is 9.45. The van der Waals surface area contributed by atoms with Crippen molar-refractivity contribution in [2.75, 3.05) is 0 Å². The first-order valence-electron chi connectivity index (χ1n) is 7.05. The number of aliphatic imine (C=N–C) groups is 1. The molecule has 106 valence electrons. The molecule has 0 fully saturated rings. The quantitative estimate of drug-likeness (QED) is 0.693. The van der Waals surface area contributed by atoms with Gasteiger partial charge in [-0.3, -0.25) is 0 Å². The molecule has 21 heavy (non-hydrogen) atoms. The van der Waals surface area contributed by atoms with Gasteiger partial charge in [-0.05, 0) is 55.9 Å². The van der Waals surface area contributed by atoms with E-state index in [0.717, 1.165) is 39.7 Å². The molecule has 1 heterocycles. The molecular weight excluding hydrogens is 300 g/mol. The highest BCUT2D eigenvalue weighted by Gasteiger charge is 2.20. The van der Waals surface area contributed by atoms with Crippen LogP contribution in [0.15, 0.2) is 29.3 Å². The molecular formula is C17H15ClN2S. The molecule has 0 aliphatic heterocycles. The Kier molecular flexibility index (Phi) is 4.10. The summed E-state index contributed by atoms with van der Waals surface area (Å²) in [6.45, 7) is 1.98. The molecule has 1 aliphatic carbocycles. The van der Waals surface area contributed by atoms with Crippen LogP contribution in [-0.2, 0) is 12.8 Å². The second-order valence-electron chi connectivity index (χ2n) is 5.21. The fourth-order valence-corrected chi connectivity index (χ4v) is 4.04. The van der Waals surface area contributed by atoms with Crippen molar-refractivity contribution in [2.45, 2.75) is 32.6 Å². The Balaban J connectivity index is 2.01. The van der Waals surface area contributed by atoms with Crippen molar-refractivity contribution < 1.29 is 0 Å². The largest absolute Gasteiger partial charge is 0.241 e. The van der Waals surface area contributed by atoms with Gasteiger partial charge in [-0.25, -0.2) is 4.99 Å². The van der Waals surface area contributed by atoms with Gasteiger partial charge in [-0.1, -0.05) is 23.7 Å². The van der Waals surface area contributed by atoms with Crippen LogP contribution in [0.3, 0.4) is 0 Å². The van der Waals surface area contributed by atoms with Crippen LogP contribution in [0, 0.1) is 11.3 Å². The van der Waals surface area contributed by atoms with Gasteiger partial charge >= 0.3 is 0 Å². The number of nitriles is 1. The van der Waals surface area contributed by atoms with E-state index in [-0.39, 0.29) is 0 Å². The van der Waals surface area contributed by atoms with Crippen LogP contribution < -0.4 is 0 Å². The summed E-state index contributed by atoms with van der Waals surface area (Å²) >= 11 is 7.59. The SMILES string of the molecule is CC(=Nc1sc2c(c1C#N)CCCC2)c1ccc(Cl)cc1. The first kappa shape index (κ1) is 14.3. The maximum absolute atomic E-state index is 9.45. The minimum absolute atomic E-state index is 0.718. The summed E-state index contributed by atoms with van der Waals surface area (Å²) in [7, 11) is 0. The average molecular weight is 315 g/mol. The van der Waals surface area contributed by atoms with E-state index in [9.17, 15) is 5.26 Å². The lowest BCUT2D eigenvalue weighted by atomic mass is 9.96. The summed E-state index contributed by atoms with van der Waals surface area (Å²) in [5.41, 5.74) is 3.97. The lowest BCUT2D eigenvalue weighted by molar-refractivity contribution is 0.696. The summed E-state index contributed by atoms with van der Waals surface area (Å²) in [5, 5.41) is 11.0. The standard InChI is InChI=1S/C17H15ClN2S/c1-11(12-6-8-13(18)9-7-12)20-17-15(10-19)14-4-2-3-5-16(14)21-17/h6-9H,2-5H2,1H3. The number of benzene rings is 1. The van der Waals surface area contributed by atoms with Crippen LogP contribution in [-0.4, -0.2) is 5.71 Å². The zero-order chi connectivity index (χ0) is 14.8. The average Bonchev–Trinajstić information content (AvgIpc) is 2.84. The molecule has 0 unspecified atom stereocenters. The van der Waals surface area contributed by atoms with Crippen LogP contribution >= 0.6 is 22.9 Å². The Morgan fingerprint density at radius 1 is 1.24 bits per heavy atom. The van der Waals surface area contributed by atoms with Crippen molar-refractivity contribution in [2.24, 2.45) is 4.99 Å². The monoisotopic (exact) mass is 314 g/mol. The smallest absolute Gasteiger partial charge is 0.134 e. The van der Waals surface area contributed by atoms with Gasteiger partial charge in [-0.15, -0.1) is 11.3 Å². The van der Waals surface area contributed by atoms with Gasteiger partial charge in [0, 0.05) is 15.6 Å². The Morgan fingerprint density at radius 2 is 1.95 bits per heavy atom. The van der Waals surface area contributed by atoms with E-state index in [1.807, 2.05) is 31.2 Å². The van der Waals surface area contributed by atoms with Gasteiger partial charge in [-0.2, -0.15) is 5.26 Å². The fourth-order valence-electron chi connectivity index (χ4n) is 2.65. The van der Waals surface area contributed by atoms with Crippen LogP contribution in [0.25, 0.3) is 0 Å². The first-order chi connectivity index (χ1) is 10.2. The second kappa shape index (κ2) is 6.01. The van der Waals surface area contributed by atoms with Crippen molar-refractivity contribution in [3.8, 4) is 6.07 Å². The highest BCUT2D eigenvalue weighted by Crippen LogP contribution is 2.39. The molecule has 1 aromatic carbocycles. The van der Waals surface area contributed by atoms with E-state index in [1.165, 1.54) is 23.3 Å². The van der Waals surface area contributed by atoms with Gasteiger partial charge in [0.1, 0.15) is 11.1 Å². The van der Waals surface area contributed by atoms with Gasteiger partial charge in [0.2, 0.25) is 0 Å². The van der Waals surface area contributed by atoms with E-state index >= 15 is 0 Å². The Bertz CT molecular complexity index is 735. The number of hydrogen-bond donors (Lipinski definition) is 0. The molecule has 0 spiro atoms. The Labute approximate surface area is 133 Å². The third kappa shape index (κ3) is 2.88. The van der Waals surface area contributed by atoms with E-state index in [1.54, 1.807) is 11.3 Å². The minimum atomic E-state index is 0.718. The second-order valence-corrected chi connectivity index (χ2v) is 6.73. The van der Waals surface area contributed by atoms with Gasteiger partial charge < -0.3 is 0 Å². The third-order valence-corrected chi connectivity index (χ3v) is 5.23. The fraction of sp³-hybridized carbons (Fsp3) is 0.294. The van der Waals surface area contributed by atoms with Gasteiger partial charge in [0.05, 0.1) is 5.56 Å². The molecule has 3 rings (SSSR count). The van der Waals surface area contributed by atoms with Crippen LogP contribution in [0.2, 0.25) is 5.02 Å². The number of rotatable bonds is 2. The molecule has 2 nitrogen and oxygen atoms in total. The number of halogens is 1. The molecule has 4 heteroatoms. The predicted octanol–water partition coefficient (Wildman–Crippen LogP) is 5.29. The molecule has 0 N–H and O–H groups in total. The maximum Gasteiger partial charge on any atom is 0.134 e. The third-order valence-electron chi connectivity index (χ3n) is 3.80. The van der Waals surface area contributed by atoms with E-state index < -0.39 is 0 Å². The number of thiophene rings is 1. The molecule has 0 amide bonds. The predicted molar refractivity (Wildman–Crippen MR) is 89.0 cm³/mol. The zero-order valence-electron chi connectivity index (χ0n) is 11.8. The topological polar surface area (TPSA) is 36.1 Å². The number of fused-ring (bicyclic) bond motifs is 1. The van der Waals surface area contributed by atoms with Gasteiger partial charge in [0.15, 0.2) is 0 Å². The molecule has 0 atom stereocenters. The van der Waals surface area contributed by atoms with Crippen molar-refractivity contribution in [1.29, 1.82) is 5.26 Å². The zero-order valence-corrected chi connectivity index (χ0v) is 13.4. The molecule has 1 aliphatic rings. The summed E-state index contributed by atoms with van der Waals surface area (Å²) in [4.78, 5) is 6.05. The van der Waals surface area contributed by atoms with Gasteiger partial charge in [0.25, 0.3) is 0 Å². The summed E-state index contributed by atoms with van der Waals surface area (Å²) < 4.78 is 0. The van der Waals surface area contributed by atoms with Crippen molar-refractivity contribution in [3.05, 3.63) is 50.9 Å². The minimum Gasteiger partial charge on any atom is -0.241 e. The van der Waals surface area contributed by atoms with Crippen LogP contribution in [0.1, 0.15) is 41.3 Å². The van der Waals surface area contributed by atoms with Crippen molar-refractivity contribution >= 4 is 33.7 Å². The lowest BCUT2D eigenvalue weighted by Crippen LogP contribution is -1.99. The number of nitrogens with zero attached hydrogens (tertiary/aromatic N) is 2. The van der Waals surface area contributed by atoms with E-state index in [4.69, 9.17) is 16.6 Å². The normalized spacial score (nSPS) is 14.6. The first-order valence-corrected chi connectivity index (χ1v) is 8.24. The Morgan fingerprint density at radius 3 is 2.67 bits per heavy atom. The number of hydrogen-bond acceptors (Lipinski definition) is 3. The summed E-state index contributed by atoms with van der Waals surface area (Å²) in [5.74, 6) is 0. The summed E-state index contributed by atoms with van der Waals surface area (Å²) in [6.07, 6.45) is 4.50. The van der Waals surface area contributed by atoms with E-state index in [0.29, 0.717) is 0 Å².